The third kappa shape index (κ3) is 3.60. The van der Waals surface area contributed by atoms with E-state index in [9.17, 15) is 4.79 Å². The van der Waals surface area contributed by atoms with Gasteiger partial charge >= 0.3 is 5.97 Å². The van der Waals surface area contributed by atoms with E-state index >= 15 is 0 Å². The smallest absolute Gasteiger partial charge is 0.341 e. The Labute approximate surface area is 139 Å². The van der Waals surface area contributed by atoms with Crippen molar-refractivity contribution >= 4 is 5.97 Å². The van der Waals surface area contributed by atoms with Crippen LogP contribution in [0.2, 0.25) is 0 Å². The molecular weight excluding hydrogens is 288 g/mol. The van der Waals surface area contributed by atoms with Gasteiger partial charge in [0.1, 0.15) is 6.10 Å². The Morgan fingerprint density at radius 2 is 1.61 bits per heavy atom. The number of carbonyl (C=O) groups is 1. The second-order valence-electron chi connectivity index (χ2n) is 7.38. The lowest BCUT2D eigenvalue weighted by molar-refractivity contribution is -0.144. The molecule has 0 amide bonds. The van der Waals surface area contributed by atoms with Crippen LogP contribution in [0.1, 0.15) is 59.3 Å². The van der Waals surface area contributed by atoms with E-state index in [1.807, 2.05) is 0 Å². The molecule has 0 aromatic rings. The molecule has 0 N–H and O–H groups in total. The molecule has 2 saturated heterocycles. The number of esters is 1. The molecule has 0 aromatic heterocycles. The zero-order valence-electron chi connectivity index (χ0n) is 14.6. The fraction of sp³-hybridized carbons (Fsp3) is 0.650. The van der Waals surface area contributed by atoms with Gasteiger partial charge in [-0.1, -0.05) is 28.9 Å². The quantitative estimate of drug-likeness (QED) is 0.375. The third-order valence-corrected chi connectivity index (χ3v) is 5.40. The van der Waals surface area contributed by atoms with Crippen molar-refractivity contribution in [2.24, 2.45) is 5.92 Å². The molecule has 2 aliphatic heterocycles. The average molecular weight is 316 g/mol. The van der Waals surface area contributed by atoms with Gasteiger partial charge in [-0.2, -0.15) is 0 Å². The number of rotatable bonds is 0. The molecule has 3 nitrogen and oxygen atoms in total. The lowest BCUT2D eigenvalue weighted by Gasteiger charge is -2.18. The number of ether oxygens (including phenoxy) is 2. The van der Waals surface area contributed by atoms with Crippen LogP contribution in [-0.4, -0.2) is 24.3 Å². The van der Waals surface area contributed by atoms with Crippen molar-refractivity contribution in [2.45, 2.75) is 71.0 Å². The number of fused-ring (bicyclic) bond motifs is 2. The highest BCUT2D eigenvalue weighted by atomic mass is 16.7. The second kappa shape index (κ2) is 6.64. The molecule has 3 aliphatic rings. The minimum Gasteiger partial charge on any atom is -0.455 e. The zero-order valence-corrected chi connectivity index (χ0v) is 14.6. The van der Waals surface area contributed by atoms with Crippen molar-refractivity contribution < 1.29 is 14.3 Å². The monoisotopic (exact) mass is 316 g/mol. The summed E-state index contributed by atoms with van der Waals surface area (Å²) in [4.78, 5) is 12.2. The largest absolute Gasteiger partial charge is 0.455 e. The molecule has 23 heavy (non-hydrogen) atoms. The summed E-state index contributed by atoms with van der Waals surface area (Å²) in [7, 11) is 0. The number of carbonyl (C=O) groups excluding carboxylic acids is 1. The fourth-order valence-electron chi connectivity index (χ4n) is 3.72. The van der Waals surface area contributed by atoms with Gasteiger partial charge in [0, 0.05) is 5.92 Å². The van der Waals surface area contributed by atoms with Crippen molar-refractivity contribution in [3.63, 3.8) is 0 Å². The number of hydrogen-bond acceptors (Lipinski definition) is 3. The molecule has 1 unspecified atom stereocenters. The number of epoxide rings is 1. The van der Waals surface area contributed by atoms with Gasteiger partial charge in [-0.15, -0.1) is 0 Å². The standard InChI is InChI=1S/C20H28O3/c1-14-6-4-8-15(2)10-11-17-18(12-16(3)9-5-7-14)23-19(21)20(17)13-22-20/h7-8,12,17-18H,4-6,9-11,13H2,1-3H3/b14-7+,15-8+,16-12+/t17-,18-,20?/m1/s1. The van der Waals surface area contributed by atoms with E-state index in [0.717, 1.165) is 38.5 Å². The van der Waals surface area contributed by atoms with Crippen molar-refractivity contribution in [1.82, 2.24) is 0 Å². The summed E-state index contributed by atoms with van der Waals surface area (Å²) in [6, 6.07) is 0. The minimum absolute atomic E-state index is 0.120. The molecule has 2 fully saturated rings. The van der Waals surface area contributed by atoms with Crippen LogP contribution in [0.15, 0.2) is 34.9 Å². The van der Waals surface area contributed by atoms with Crippen molar-refractivity contribution in [1.29, 1.82) is 0 Å². The zero-order chi connectivity index (χ0) is 16.4. The predicted molar refractivity (Wildman–Crippen MR) is 91.0 cm³/mol. The van der Waals surface area contributed by atoms with Crippen LogP contribution >= 0.6 is 0 Å². The van der Waals surface area contributed by atoms with Crippen LogP contribution in [0.25, 0.3) is 0 Å². The molecule has 1 spiro atoms. The van der Waals surface area contributed by atoms with E-state index in [0.29, 0.717) is 6.61 Å². The molecule has 126 valence electrons. The molecule has 0 radical (unpaired) electrons. The van der Waals surface area contributed by atoms with E-state index in [2.05, 4.69) is 39.0 Å². The highest BCUT2D eigenvalue weighted by molar-refractivity contribution is 5.85. The topological polar surface area (TPSA) is 38.8 Å². The van der Waals surface area contributed by atoms with Crippen LogP contribution in [0.4, 0.5) is 0 Å². The molecular formula is C20H28O3. The minimum atomic E-state index is -0.630. The Hall–Kier alpha value is -1.35. The third-order valence-electron chi connectivity index (χ3n) is 5.40. The predicted octanol–water partition coefficient (Wildman–Crippen LogP) is 4.49. The van der Waals surface area contributed by atoms with Gasteiger partial charge in [0.25, 0.3) is 0 Å². The van der Waals surface area contributed by atoms with Gasteiger partial charge < -0.3 is 9.47 Å². The summed E-state index contributed by atoms with van der Waals surface area (Å²) in [5.41, 5.74) is 3.55. The van der Waals surface area contributed by atoms with Crippen molar-refractivity contribution in [3.8, 4) is 0 Å². The molecule has 1 aliphatic carbocycles. The van der Waals surface area contributed by atoms with E-state index in [1.54, 1.807) is 0 Å². The highest BCUT2D eigenvalue weighted by Gasteiger charge is 2.66. The van der Waals surface area contributed by atoms with E-state index in [4.69, 9.17) is 9.47 Å². The Morgan fingerprint density at radius 3 is 2.26 bits per heavy atom. The summed E-state index contributed by atoms with van der Waals surface area (Å²) >= 11 is 0. The maximum Gasteiger partial charge on any atom is 0.341 e. The summed E-state index contributed by atoms with van der Waals surface area (Å²) in [6.45, 7) is 7.09. The van der Waals surface area contributed by atoms with Gasteiger partial charge in [0.05, 0.1) is 6.61 Å². The SMILES string of the molecule is C/C1=C\CC/C(C)=C/[C@H]2OC(=O)C3(CO3)[C@@H]2CC/C(C)=C/CC1. The van der Waals surface area contributed by atoms with Gasteiger partial charge in [-0.25, -0.2) is 4.79 Å². The van der Waals surface area contributed by atoms with E-state index < -0.39 is 5.60 Å². The normalized spacial score (nSPS) is 42.4. The second-order valence-corrected chi connectivity index (χ2v) is 7.38. The summed E-state index contributed by atoms with van der Waals surface area (Å²) < 4.78 is 11.2. The molecule has 0 saturated carbocycles. The Bertz CT molecular complexity index is 563. The van der Waals surface area contributed by atoms with Crippen molar-refractivity contribution in [3.05, 3.63) is 34.9 Å². The fourth-order valence-corrected chi connectivity index (χ4v) is 3.72. The summed E-state index contributed by atoms with van der Waals surface area (Å²) in [5.74, 6) is 0.00626. The van der Waals surface area contributed by atoms with Crippen molar-refractivity contribution in [2.75, 3.05) is 6.61 Å². The first-order valence-corrected chi connectivity index (χ1v) is 8.85. The molecule has 0 bridgehead atoms. The van der Waals surface area contributed by atoms with E-state index in [-0.39, 0.29) is 18.0 Å². The summed E-state index contributed by atoms with van der Waals surface area (Å²) in [5, 5.41) is 0. The van der Waals surface area contributed by atoms with Gasteiger partial charge in [0.2, 0.25) is 0 Å². The Balaban J connectivity index is 1.81. The van der Waals surface area contributed by atoms with Crippen LogP contribution in [0, 0.1) is 5.92 Å². The summed E-state index contributed by atoms with van der Waals surface area (Å²) in [6.07, 6.45) is 13.0. The highest BCUT2D eigenvalue weighted by Crippen LogP contribution is 2.48. The number of hydrogen-bond donors (Lipinski definition) is 0. The maximum atomic E-state index is 12.2. The van der Waals surface area contributed by atoms with Gasteiger partial charge in [-0.05, 0) is 65.4 Å². The van der Waals surface area contributed by atoms with Crippen LogP contribution < -0.4 is 0 Å². The van der Waals surface area contributed by atoms with Gasteiger partial charge in [-0.3, -0.25) is 0 Å². The lowest BCUT2D eigenvalue weighted by atomic mass is 9.84. The van der Waals surface area contributed by atoms with E-state index in [1.165, 1.54) is 16.7 Å². The molecule has 3 atom stereocenters. The molecule has 3 rings (SSSR count). The molecule has 3 heteroatoms. The van der Waals surface area contributed by atoms with Crippen LogP contribution in [-0.2, 0) is 14.3 Å². The van der Waals surface area contributed by atoms with Crippen LogP contribution in [0.3, 0.4) is 0 Å². The molecule has 0 aromatic carbocycles. The maximum absolute atomic E-state index is 12.2. The Morgan fingerprint density at radius 1 is 1.00 bits per heavy atom. The van der Waals surface area contributed by atoms with Gasteiger partial charge in [0.15, 0.2) is 5.60 Å². The number of allylic oxidation sites excluding steroid dienone is 5. The lowest BCUT2D eigenvalue weighted by Crippen LogP contribution is -2.28. The average Bonchev–Trinajstić information content (AvgIpc) is 3.23. The molecule has 2 heterocycles. The first-order chi connectivity index (χ1) is 11.0. The first kappa shape index (κ1) is 16.5. The Kier molecular flexibility index (Phi) is 4.77. The first-order valence-electron chi connectivity index (χ1n) is 8.85. The van der Waals surface area contributed by atoms with Crippen LogP contribution in [0.5, 0.6) is 0 Å².